The summed E-state index contributed by atoms with van der Waals surface area (Å²) in [5.74, 6) is -0.212. The third kappa shape index (κ3) is 26.1. The lowest BCUT2D eigenvalue weighted by Crippen LogP contribution is -2.31. The van der Waals surface area contributed by atoms with Crippen molar-refractivity contribution in [2.24, 2.45) is 0 Å². The molecule has 3 unspecified atom stereocenters. The summed E-state index contributed by atoms with van der Waals surface area (Å²) >= 11 is 0. The Hall–Kier alpha value is -2.09. The molecule has 40 heavy (non-hydrogen) atoms. The van der Waals surface area contributed by atoms with Gasteiger partial charge in [0, 0.05) is 52.8 Å². The number of ether oxygens (including phenoxy) is 6. The van der Waals surface area contributed by atoms with Gasteiger partial charge in [0.2, 0.25) is 17.7 Å². The third-order valence-electron chi connectivity index (χ3n) is 5.31. The Kier molecular flexibility index (Phi) is 25.7. The Labute approximate surface area is 240 Å². The quantitative estimate of drug-likeness (QED) is 0.0931. The summed E-state index contributed by atoms with van der Waals surface area (Å²) in [6.07, 6.45) is 3.40. The van der Waals surface area contributed by atoms with Gasteiger partial charge in [-0.15, -0.1) is 0 Å². The molecule has 0 aromatic carbocycles. The number of rotatable bonds is 28. The molecular formula is C28H53N3O9. The molecular weight excluding hydrogens is 522 g/mol. The van der Waals surface area contributed by atoms with Crippen LogP contribution >= 0.6 is 0 Å². The molecule has 0 spiro atoms. The van der Waals surface area contributed by atoms with Gasteiger partial charge in [-0.25, -0.2) is 0 Å². The monoisotopic (exact) mass is 575 g/mol. The Morgan fingerprint density at radius 3 is 1.80 bits per heavy atom. The predicted octanol–water partition coefficient (Wildman–Crippen LogP) is 1.37. The van der Waals surface area contributed by atoms with Crippen LogP contribution in [-0.2, 0) is 42.8 Å². The number of carbonyl (C=O) groups is 3. The molecule has 0 saturated heterocycles. The normalized spacial score (nSPS) is 13.3. The highest BCUT2D eigenvalue weighted by atomic mass is 16.6. The Morgan fingerprint density at radius 1 is 0.700 bits per heavy atom. The van der Waals surface area contributed by atoms with Crippen molar-refractivity contribution in [3.63, 3.8) is 0 Å². The van der Waals surface area contributed by atoms with Crippen molar-refractivity contribution in [3.05, 3.63) is 12.7 Å². The molecule has 3 amide bonds. The lowest BCUT2D eigenvalue weighted by atomic mass is 10.3. The lowest BCUT2D eigenvalue weighted by Gasteiger charge is -2.21. The van der Waals surface area contributed by atoms with Crippen LogP contribution < -0.4 is 16.0 Å². The number of carbonyl (C=O) groups excluding carboxylic acids is 3. The molecule has 12 heteroatoms. The summed E-state index contributed by atoms with van der Waals surface area (Å²) in [7, 11) is 0. The minimum absolute atomic E-state index is 0.0370. The van der Waals surface area contributed by atoms with Gasteiger partial charge >= 0.3 is 0 Å². The van der Waals surface area contributed by atoms with Crippen molar-refractivity contribution in [3.8, 4) is 0 Å². The Bertz CT molecular complexity index is 667. The second-order valence-electron chi connectivity index (χ2n) is 9.29. The van der Waals surface area contributed by atoms with E-state index in [9.17, 15) is 14.4 Å². The van der Waals surface area contributed by atoms with Gasteiger partial charge in [-0.1, -0.05) is 13.5 Å². The second-order valence-corrected chi connectivity index (χ2v) is 9.29. The molecule has 0 aliphatic rings. The highest BCUT2D eigenvalue weighted by molar-refractivity contribution is 5.86. The fourth-order valence-electron chi connectivity index (χ4n) is 3.14. The van der Waals surface area contributed by atoms with Crippen molar-refractivity contribution in [2.45, 2.75) is 71.7 Å². The molecule has 0 fully saturated rings. The van der Waals surface area contributed by atoms with Crippen LogP contribution in [0.4, 0.5) is 0 Å². The summed E-state index contributed by atoms with van der Waals surface area (Å²) in [6.45, 7) is 16.1. The van der Waals surface area contributed by atoms with E-state index in [1.54, 1.807) is 0 Å². The molecule has 0 aromatic heterocycles. The highest BCUT2D eigenvalue weighted by Gasteiger charge is 2.13. The Morgan fingerprint density at radius 2 is 1.25 bits per heavy atom. The van der Waals surface area contributed by atoms with Gasteiger partial charge in [0.25, 0.3) is 0 Å². The molecule has 3 N–H and O–H groups in total. The van der Waals surface area contributed by atoms with Crippen molar-refractivity contribution in [1.82, 2.24) is 16.0 Å². The zero-order valence-corrected chi connectivity index (χ0v) is 25.0. The van der Waals surface area contributed by atoms with Crippen molar-refractivity contribution in [1.29, 1.82) is 0 Å². The van der Waals surface area contributed by atoms with Crippen LogP contribution in [0.2, 0.25) is 0 Å². The summed E-state index contributed by atoms with van der Waals surface area (Å²) in [5.41, 5.74) is 0. The highest BCUT2D eigenvalue weighted by Crippen LogP contribution is 2.02. The zero-order chi connectivity index (χ0) is 29.8. The molecule has 0 heterocycles. The summed E-state index contributed by atoms with van der Waals surface area (Å²) in [4.78, 5) is 33.3. The minimum Gasteiger partial charge on any atom is -0.379 e. The Balaban J connectivity index is 4.25. The van der Waals surface area contributed by atoms with E-state index in [0.717, 1.165) is 12.8 Å². The van der Waals surface area contributed by atoms with Crippen molar-refractivity contribution >= 4 is 17.7 Å². The van der Waals surface area contributed by atoms with E-state index in [1.165, 1.54) is 13.0 Å². The van der Waals surface area contributed by atoms with E-state index in [0.29, 0.717) is 91.9 Å². The van der Waals surface area contributed by atoms with Crippen LogP contribution in [0.1, 0.15) is 53.4 Å². The van der Waals surface area contributed by atoms with Crippen LogP contribution in [-0.4, -0.2) is 115 Å². The average Bonchev–Trinajstić information content (AvgIpc) is 2.93. The van der Waals surface area contributed by atoms with Gasteiger partial charge < -0.3 is 44.4 Å². The van der Waals surface area contributed by atoms with Crippen LogP contribution in [0.3, 0.4) is 0 Å². The SMILES string of the molecule is C=CC(=O)NCCCOCCOC(COCC(C)OCCCNC(C)=O)COCC(C)OCCCNC(=O)CC. The molecule has 0 aromatic rings. The van der Waals surface area contributed by atoms with Crippen LogP contribution in [0.5, 0.6) is 0 Å². The molecule has 12 nitrogen and oxygen atoms in total. The molecule has 0 bridgehead atoms. The van der Waals surface area contributed by atoms with Crippen LogP contribution in [0, 0.1) is 0 Å². The topological polar surface area (TPSA) is 143 Å². The maximum Gasteiger partial charge on any atom is 0.243 e. The van der Waals surface area contributed by atoms with Gasteiger partial charge in [0.1, 0.15) is 6.10 Å². The predicted molar refractivity (Wildman–Crippen MR) is 152 cm³/mol. The molecule has 0 aliphatic heterocycles. The first-order valence-electron chi connectivity index (χ1n) is 14.3. The largest absolute Gasteiger partial charge is 0.379 e. The van der Waals surface area contributed by atoms with Gasteiger partial charge in [0.15, 0.2) is 0 Å². The van der Waals surface area contributed by atoms with Crippen LogP contribution in [0.25, 0.3) is 0 Å². The summed E-state index contributed by atoms with van der Waals surface area (Å²) < 4.78 is 34.6. The van der Waals surface area contributed by atoms with Gasteiger partial charge in [-0.3, -0.25) is 14.4 Å². The van der Waals surface area contributed by atoms with Gasteiger partial charge in [-0.2, -0.15) is 0 Å². The fourth-order valence-corrected chi connectivity index (χ4v) is 3.14. The smallest absolute Gasteiger partial charge is 0.243 e. The van der Waals surface area contributed by atoms with Crippen molar-refractivity contribution < 1.29 is 42.8 Å². The summed E-state index contributed by atoms with van der Waals surface area (Å²) in [6, 6.07) is 0. The second kappa shape index (κ2) is 27.1. The maximum absolute atomic E-state index is 11.3. The molecule has 0 saturated carbocycles. The first-order valence-corrected chi connectivity index (χ1v) is 14.3. The fraction of sp³-hybridized carbons (Fsp3) is 0.821. The number of hydrogen-bond donors (Lipinski definition) is 3. The van der Waals surface area contributed by atoms with E-state index < -0.39 is 0 Å². The average molecular weight is 576 g/mol. The zero-order valence-electron chi connectivity index (χ0n) is 25.0. The van der Waals surface area contributed by atoms with Gasteiger partial charge in [-0.05, 0) is 39.2 Å². The minimum atomic E-state index is -0.293. The van der Waals surface area contributed by atoms with E-state index in [4.69, 9.17) is 28.4 Å². The van der Waals surface area contributed by atoms with E-state index in [2.05, 4.69) is 22.5 Å². The van der Waals surface area contributed by atoms with E-state index in [1.807, 2.05) is 20.8 Å². The standard InChI is InChI=1S/C28H53N3O9/c1-6-27(33)30-12-8-14-35-17-18-40-26(21-36-19-23(3)38-15-9-11-29-25(5)32)22-37-20-24(4)39-16-10-13-31-28(34)7-2/h6,23-24,26H,1,7-22H2,2-5H3,(H,29,32)(H,30,33)(H,31,34). The summed E-state index contributed by atoms with van der Waals surface area (Å²) in [5, 5.41) is 8.26. The van der Waals surface area contributed by atoms with E-state index in [-0.39, 0.29) is 36.0 Å². The molecule has 3 atom stereocenters. The molecule has 234 valence electrons. The number of amides is 3. The lowest BCUT2D eigenvalue weighted by molar-refractivity contribution is -0.121. The number of nitrogens with one attached hydrogen (secondary N) is 3. The van der Waals surface area contributed by atoms with Gasteiger partial charge in [0.05, 0.1) is 51.8 Å². The first-order chi connectivity index (χ1) is 19.3. The molecule has 0 rings (SSSR count). The molecule has 0 aliphatic carbocycles. The molecule has 0 radical (unpaired) electrons. The maximum atomic E-state index is 11.3. The first kappa shape index (κ1) is 37.9. The third-order valence-corrected chi connectivity index (χ3v) is 5.31. The van der Waals surface area contributed by atoms with Crippen molar-refractivity contribution in [2.75, 3.05) is 79.1 Å². The van der Waals surface area contributed by atoms with E-state index >= 15 is 0 Å². The van der Waals surface area contributed by atoms with Crippen LogP contribution in [0.15, 0.2) is 12.7 Å². The number of hydrogen-bond acceptors (Lipinski definition) is 9.